The largest absolute Gasteiger partial charge is 0.308 e. The third-order valence-electron chi connectivity index (χ3n) is 11.1. The highest BCUT2D eigenvalue weighted by Crippen LogP contribution is 2.32. The molecule has 2 saturated heterocycles. The maximum absolute atomic E-state index is 12.4. The van der Waals surface area contributed by atoms with E-state index in [1.165, 1.54) is 39.6 Å². The van der Waals surface area contributed by atoms with Gasteiger partial charge in [0.15, 0.2) is 0 Å². The number of hydrogen-bond acceptors (Lipinski definition) is 5. The first kappa shape index (κ1) is 41.8. The Morgan fingerprint density at radius 2 is 1.07 bits per heavy atom. The molecule has 0 spiro atoms. The summed E-state index contributed by atoms with van der Waals surface area (Å²) in [6, 6.07) is 50.4. The summed E-state index contributed by atoms with van der Waals surface area (Å²) in [7, 11) is -3.27. The second-order valence-corrected chi connectivity index (χ2v) is 18.3. The molecule has 2 unspecified atom stereocenters. The van der Waals surface area contributed by atoms with Crippen LogP contribution in [0.5, 0.6) is 0 Å². The fourth-order valence-electron chi connectivity index (χ4n) is 7.99. The van der Waals surface area contributed by atoms with E-state index in [0.29, 0.717) is 25.7 Å². The van der Waals surface area contributed by atoms with Crippen molar-refractivity contribution >= 4 is 33.2 Å². The van der Waals surface area contributed by atoms with Gasteiger partial charge in [0.05, 0.1) is 12.3 Å². The number of piperazine rings is 2. The van der Waals surface area contributed by atoms with Gasteiger partial charge in [0.1, 0.15) is 0 Å². The fraction of sp³-hybridized carbons (Fsp3) is 0.265. The third-order valence-corrected chi connectivity index (χ3v) is 13.0. The average Bonchev–Trinajstić information content (AvgIpc) is 3.24. The first-order chi connectivity index (χ1) is 28.0. The highest BCUT2D eigenvalue weighted by molar-refractivity contribution is 7.88. The van der Waals surface area contributed by atoms with E-state index >= 15 is 0 Å². The Kier molecular flexibility index (Phi) is 13.8. The Hall–Kier alpha value is -4.31. The molecule has 2 fully saturated rings. The minimum absolute atomic E-state index is 0.171. The highest BCUT2D eigenvalue weighted by Gasteiger charge is 2.33. The molecule has 6 aromatic carbocycles. The lowest BCUT2D eigenvalue weighted by atomic mass is 10.0. The quantitative estimate of drug-likeness (QED) is 0.157. The van der Waals surface area contributed by atoms with E-state index in [-0.39, 0.29) is 6.04 Å². The lowest BCUT2D eigenvalue weighted by Gasteiger charge is -2.40. The molecule has 58 heavy (non-hydrogen) atoms. The van der Waals surface area contributed by atoms with Crippen molar-refractivity contribution in [2.45, 2.75) is 39.0 Å². The summed E-state index contributed by atoms with van der Waals surface area (Å²) in [5.74, 6) is 0. The van der Waals surface area contributed by atoms with Gasteiger partial charge in [0.25, 0.3) is 0 Å². The summed E-state index contributed by atoms with van der Waals surface area (Å²) in [5.41, 5.74) is 11.8. The molecule has 0 saturated carbocycles. The molecule has 8 rings (SSSR count). The zero-order valence-corrected chi connectivity index (χ0v) is 35.8. The van der Waals surface area contributed by atoms with Crippen molar-refractivity contribution in [2.75, 3.05) is 45.5 Å². The number of benzene rings is 6. The Morgan fingerprint density at radius 3 is 1.57 bits per heavy atom. The van der Waals surface area contributed by atoms with E-state index in [4.69, 9.17) is 23.2 Å². The summed E-state index contributed by atoms with van der Waals surface area (Å²) in [6.45, 7) is 10.9. The van der Waals surface area contributed by atoms with Crippen LogP contribution in [0.1, 0.15) is 45.5 Å². The smallest absolute Gasteiger partial charge is 0.211 e. The average molecular weight is 832 g/mol. The van der Waals surface area contributed by atoms with E-state index in [0.717, 1.165) is 65.0 Å². The van der Waals surface area contributed by atoms with Crippen molar-refractivity contribution in [1.29, 1.82) is 0 Å². The van der Waals surface area contributed by atoms with Gasteiger partial charge < -0.3 is 5.32 Å². The van der Waals surface area contributed by atoms with Crippen LogP contribution in [0.25, 0.3) is 22.3 Å². The maximum atomic E-state index is 12.4. The van der Waals surface area contributed by atoms with E-state index in [9.17, 15) is 8.42 Å². The molecule has 2 aliphatic rings. The summed E-state index contributed by atoms with van der Waals surface area (Å²) in [5, 5.41) is 5.19. The molecule has 9 heteroatoms. The minimum Gasteiger partial charge on any atom is -0.308 e. The van der Waals surface area contributed by atoms with Gasteiger partial charge in [-0.1, -0.05) is 156 Å². The number of nitrogens with one attached hydrogen (secondary N) is 1. The van der Waals surface area contributed by atoms with Crippen LogP contribution in [0.4, 0.5) is 0 Å². The molecule has 6 aromatic rings. The Balaban J connectivity index is 0.000000178. The topological polar surface area (TPSA) is 55.9 Å². The van der Waals surface area contributed by atoms with Crippen LogP contribution in [-0.2, 0) is 23.1 Å². The predicted molar refractivity (Wildman–Crippen MR) is 242 cm³/mol. The van der Waals surface area contributed by atoms with Crippen LogP contribution in [-0.4, -0.2) is 68.0 Å². The van der Waals surface area contributed by atoms with Gasteiger partial charge >= 0.3 is 0 Å². The molecule has 0 amide bonds. The molecule has 6 nitrogen and oxygen atoms in total. The Morgan fingerprint density at radius 1 is 0.586 bits per heavy atom. The second kappa shape index (κ2) is 19.2. The van der Waals surface area contributed by atoms with Gasteiger partial charge in [0.2, 0.25) is 10.0 Å². The minimum atomic E-state index is -3.27. The molecule has 0 aliphatic carbocycles. The van der Waals surface area contributed by atoms with E-state index in [1.807, 2.05) is 54.6 Å². The van der Waals surface area contributed by atoms with E-state index in [2.05, 4.69) is 120 Å². The standard InChI is InChI=1S/C25H27ClN2O2S.C24H25ClN2/c1-19-8-13-24(26)23(16-19)21-11-9-20(10-12-21)17-27-14-15-28(31(2,29)30)25(18-27)22-6-4-3-5-7-22;1-18-7-12-23(25)22(15-18)20-10-8-19(9-11-20)16-27-14-13-26-24(17-27)21-5-3-2-4-6-21/h3-13,16,25H,14-15,17-18H2,1-2H3;2-12,15,24,26H,13-14,16-17H2,1H3. The zero-order valence-electron chi connectivity index (χ0n) is 33.5. The van der Waals surface area contributed by atoms with Crippen molar-refractivity contribution < 1.29 is 8.42 Å². The molecule has 2 atom stereocenters. The normalized spacial score (nSPS) is 18.0. The van der Waals surface area contributed by atoms with Crippen molar-refractivity contribution in [3.63, 3.8) is 0 Å². The number of rotatable bonds is 9. The molecule has 0 aromatic heterocycles. The highest BCUT2D eigenvalue weighted by atomic mass is 35.5. The first-order valence-corrected chi connectivity index (χ1v) is 22.6. The molecule has 300 valence electrons. The molecule has 1 N–H and O–H groups in total. The van der Waals surface area contributed by atoms with Crippen molar-refractivity contribution in [3.05, 3.63) is 189 Å². The number of hydrogen-bond donors (Lipinski definition) is 1. The molecule has 0 bridgehead atoms. The molecular weight excluding hydrogens is 780 g/mol. The first-order valence-electron chi connectivity index (χ1n) is 20.0. The second-order valence-electron chi connectivity index (χ2n) is 15.5. The summed E-state index contributed by atoms with van der Waals surface area (Å²) < 4.78 is 26.3. The number of sulfonamides is 1. The predicted octanol–water partition coefficient (Wildman–Crippen LogP) is 10.6. The van der Waals surface area contributed by atoms with Crippen LogP contribution >= 0.6 is 23.2 Å². The van der Waals surface area contributed by atoms with Gasteiger partial charge in [-0.25, -0.2) is 8.42 Å². The van der Waals surface area contributed by atoms with Crippen molar-refractivity contribution in [2.24, 2.45) is 0 Å². The lowest BCUT2D eigenvalue weighted by Crippen LogP contribution is -2.49. The van der Waals surface area contributed by atoms with Crippen LogP contribution in [0.2, 0.25) is 10.0 Å². The molecule has 2 heterocycles. The SMILES string of the molecule is Cc1ccc(Cl)c(-c2ccc(CN3CCN(S(C)(=O)=O)C(c4ccccc4)C3)cc2)c1.Cc1ccc(Cl)c(-c2ccc(CN3CCNC(c4ccccc4)C3)cc2)c1. The molecule has 2 aliphatic heterocycles. The molecule has 0 radical (unpaired) electrons. The van der Waals surface area contributed by atoms with Gasteiger partial charge in [-0.2, -0.15) is 4.31 Å². The van der Waals surface area contributed by atoms with Gasteiger partial charge in [0, 0.05) is 79.6 Å². The zero-order chi connectivity index (χ0) is 40.6. The Labute approximate surface area is 355 Å². The van der Waals surface area contributed by atoms with Crippen molar-refractivity contribution in [3.8, 4) is 22.3 Å². The van der Waals surface area contributed by atoms with Gasteiger partial charge in [-0.15, -0.1) is 0 Å². The maximum Gasteiger partial charge on any atom is 0.211 e. The fourth-order valence-corrected chi connectivity index (χ4v) is 9.51. The van der Waals surface area contributed by atoms with Gasteiger partial charge in [-0.3, -0.25) is 9.80 Å². The summed E-state index contributed by atoms with van der Waals surface area (Å²) in [6.07, 6.45) is 1.30. The van der Waals surface area contributed by atoms with E-state index in [1.54, 1.807) is 4.31 Å². The lowest BCUT2D eigenvalue weighted by molar-refractivity contribution is 0.130. The monoisotopic (exact) mass is 830 g/mol. The van der Waals surface area contributed by atoms with Crippen LogP contribution in [0.15, 0.2) is 146 Å². The van der Waals surface area contributed by atoms with Crippen LogP contribution in [0.3, 0.4) is 0 Å². The van der Waals surface area contributed by atoms with Crippen molar-refractivity contribution in [1.82, 2.24) is 19.4 Å². The van der Waals surface area contributed by atoms with Crippen LogP contribution in [0, 0.1) is 13.8 Å². The molecular formula is C49H52Cl2N4O2S. The van der Waals surface area contributed by atoms with Crippen LogP contribution < -0.4 is 5.32 Å². The third kappa shape index (κ3) is 10.8. The van der Waals surface area contributed by atoms with E-state index < -0.39 is 10.0 Å². The number of aryl methyl sites for hydroxylation is 2. The summed E-state index contributed by atoms with van der Waals surface area (Å²) in [4.78, 5) is 4.86. The Bertz CT molecular complexity index is 2380. The van der Waals surface area contributed by atoms with Gasteiger partial charge in [-0.05, 0) is 71.5 Å². The summed E-state index contributed by atoms with van der Waals surface area (Å²) >= 11 is 12.8. The number of halogens is 2. The number of nitrogens with zero attached hydrogens (tertiary/aromatic N) is 3.